The number of benzene rings is 2. The molecule has 1 atom stereocenters. The Morgan fingerprint density at radius 1 is 1.00 bits per heavy atom. The molecule has 2 aromatic rings. The van der Waals surface area contributed by atoms with Gasteiger partial charge >= 0.3 is 0 Å². The van der Waals surface area contributed by atoms with E-state index in [4.69, 9.17) is 15.2 Å². The van der Waals surface area contributed by atoms with Gasteiger partial charge in [0.25, 0.3) is 0 Å². The van der Waals surface area contributed by atoms with Gasteiger partial charge in [-0.25, -0.2) is 8.78 Å². The minimum Gasteiger partial charge on any atom is -0.493 e. The Labute approximate surface area is 115 Å². The lowest BCUT2D eigenvalue weighted by molar-refractivity contribution is 0.354. The number of rotatable bonds is 4. The fourth-order valence-corrected chi connectivity index (χ4v) is 1.99. The third-order valence-electron chi connectivity index (χ3n) is 3.08. The van der Waals surface area contributed by atoms with E-state index in [1.807, 2.05) is 0 Å². The fourth-order valence-electron chi connectivity index (χ4n) is 1.99. The molecule has 20 heavy (non-hydrogen) atoms. The number of halogens is 2. The molecule has 0 heterocycles. The van der Waals surface area contributed by atoms with E-state index in [0.717, 1.165) is 6.07 Å². The van der Waals surface area contributed by atoms with E-state index in [1.165, 1.54) is 26.4 Å². The van der Waals surface area contributed by atoms with Gasteiger partial charge in [-0.2, -0.15) is 0 Å². The Balaban J connectivity index is 2.43. The van der Waals surface area contributed by atoms with Crippen molar-refractivity contribution in [2.24, 2.45) is 5.73 Å². The maximum atomic E-state index is 13.8. The molecular formula is C15H15F2NO2. The zero-order chi connectivity index (χ0) is 14.7. The molecule has 0 aliphatic rings. The molecule has 0 aliphatic heterocycles. The third-order valence-corrected chi connectivity index (χ3v) is 3.08. The Kier molecular flexibility index (Phi) is 4.20. The average molecular weight is 279 g/mol. The first-order valence-corrected chi connectivity index (χ1v) is 6.00. The van der Waals surface area contributed by atoms with Crippen LogP contribution in [0.1, 0.15) is 17.2 Å². The van der Waals surface area contributed by atoms with E-state index < -0.39 is 17.7 Å². The van der Waals surface area contributed by atoms with Gasteiger partial charge in [-0.3, -0.25) is 0 Å². The molecule has 0 aromatic heterocycles. The first kappa shape index (κ1) is 14.3. The minimum absolute atomic E-state index is 0.0946. The van der Waals surface area contributed by atoms with Crippen LogP contribution in [0.4, 0.5) is 8.78 Å². The number of hydrogen-bond acceptors (Lipinski definition) is 3. The van der Waals surface area contributed by atoms with Crippen LogP contribution in [0.25, 0.3) is 0 Å². The monoisotopic (exact) mass is 279 g/mol. The van der Waals surface area contributed by atoms with Crippen molar-refractivity contribution in [1.82, 2.24) is 0 Å². The molecule has 3 nitrogen and oxygen atoms in total. The van der Waals surface area contributed by atoms with Crippen molar-refractivity contribution in [3.05, 3.63) is 59.2 Å². The van der Waals surface area contributed by atoms with Crippen LogP contribution in [-0.4, -0.2) is 14.2 Å². The Hall–Kier alpha value is -2.14. The summed E-state index contributed by atoms with van der Waals surface area (Å²) in [5.74, 6) is -0.825. The molecular weight excluding hydrogens is 264 g/mol. The van der Waals surface area contributed by atoms with Crippen molar-refractivity contribution >= 4 is 0 Å². The molecule has 5 heteroatoms. The quantitative estimate of drug-likeness (QED) is 0.935. The lowest BCUT2D eigenvalue weighted by Crippen LogP contribution is -2.14. The second-order valence-corrected chi connectivity index (χ2v) is 4.24. The maximum Gasteiger partial charge on any atom is 0.163 e. The molecule has 0 saturated carbocycles. The minimum atomic E-state index is -0.935. The summed E-state index contributed by atoms with van der Waals surface area (Å²) in [4.78, 5) is 0. The average Bonchev–Trinajstić information content (AvgIpc) is 2.48. The molecule has 0 spiro atoms. The number of hydrogen-bond donors (Lipinski definition) is 1. The summed E-state index contributed by atoms with van der Waals surface area (Å²) in [5.41, 5.74) is 6.70. The highest BCUT2D eigenvalue weighted by Crippen LogP contribution is 2.32. The molecule has 2 N–H and O–H groups in total. The van der Waals surface area contributed by atoms with Gasteiger partial charge in [0, 0.05) is 5.56 Å². The largest absolute Gasteiger partial charge is 0.493 e. The molecule has 0 bridgehead atoms. The standard InChI is InChI=1S/C15H15F2NO2/c1-19-12-7-6-9(8-13(12)20-2)15(18)10-4-3-5-11(16)14(10)17/h3-8,15H,18H2,1-2H3. The van der Waals surface area contributed by atoms with E-state index in [9.17, 15) is 8.78 Å². The summed E-state index contributed by atoms with van der Waals surface area (Å²) in [6, 6.07) is 8.16. The van der Waals surface area contributed by atoms with Crippen LogP contribution in [0.15, 0.2) is 36.4 Å². The zero-order valence-electron chi connectivity index (χ0n) is 11.2. The van der Waals surface area contributed by atoms with Crippen molar-refractivity contribution < 1.29 is 18.3 Å². The number of methoxy groups -OCH3 is 2. The predicted octanol–water partition coefficient (Wildman–Crippen LogP) is 3.03. The van der Waals surface area contributed by atoms with Crippen LogP contribution in [0.3, 0.4) is 0 Å². The van der Waals surface area contributed by atoms with Gasteiger partial charge in [0.2, 0.25) is 0 Å². The molecule has 0 saturated heterocycles. The lowest BCUT2D eigenvalue weighted by Gasteiger charge is -2.16. The second-order valence-electron chi connectivity index (χ2n) is 4.24. The molecule has 2 rings (SSSR count). The highest BCUT2D eigenvalue weighted by atomic mass is 19.2. The fraction of sp³-hybridized carbons (Fsp3) is 0.200. The second kappa shape index (κ2) is 5.88. The molecule has 0 amide bonds. The van der Waals surface area contributed by atoms with E-state index >= 15 is 0 Å². The summed E-state index contributed by atoms with van der Waals surface area (Å²) < 4.78 is 37.3. The van der Waals surface area contributed by atoms with Crippen LogP contribution in [0, 0.1) is 11.6 Å². The normalized spacial score (nSPS) is 12.1. The van der Waals surface area contributed by atoms with Crippen molar-refractivity contribution in [2.75, 3.05) is 14.2 Å². The van der Waals surface area contributed by atoms with Crippen LogP contribution in [-0.2, 0) is 0 Å². The Bertz CT molecular complexity index is 617. The summed E-state index contributed by atoms with van der Waals surface area (Å²) in [6.45, 7) is 0. The summed E-state index contributed by atoms with van der Waals surface area (Å²) in [6.07, 6.45) is 0. The first-order chi connectivity index (χ1) is 9.58. The van der Waals surface area contributed by atoms with Gasteiger partial charge in [-0.05, 0) is 23.8 Å². The van der Waals surface area contributed by atoms with Gasteiger partial charge in [-0.1, -0.05) is 18.2 Å². The van der Waals surface area contributed by atoms with E-state index in [2.05, 4.69) is 0 Å². The number of ether oxygens (including phenoxy) is 2. The Morgan fingerprint density at radius 3 is 2.35 bits per heavy atom. The zero-order valence-corrected chi connectivity index (χ0v) is 11.2. The summed E-state index contributed by atoms with van der Waals surface area (Å²) in [7, 11) is 3.01. The summed E-state index contributed by atoms with van der Waals surface area (Å²) in [5, 5.41) is 0. The van der Waals surface area contributed by atoms with Crippen molar-refractivity contribution in [3.63, 3.8) is 0 Å². The highest BCUT2D eigenvalue weighted by molar-refractivity contribution is 5.45. The molecule has 106 valence electrons. The van der Waals surface area contributed by atoms with Gasteiger partial charge in [0.1, 0.15) is 0 Å². The van der Waals surface area contributed by atoms with Crippen LogP contribution in [0.2, 0.25) is 0 Å². The van der Waals surface area contributed by atoms with Gasteiger partial charge in [-0.15, -0.1) is 0 Å². The molecule has 0 aliphatic carbocycles. The summed E-state index contributed by atoms with van der Waals surface area (Å²) >= 11 is 0. The van der Waals surface area contributed by atoms with Gasteiger partial charge in [0.15, 0.2) is 23.1 Å². The molecule has 0 fully saturated rings. The maximum absolute atomic E-state index is 13.8. The van der Waals surface area contributed by atoms with E-state index in [-0.39, 0.29) is 5.56 Å². The lowest BCUT2D eigenvalue weighted by atomic mass is 9.98. The molecule has 1 unspecified atom stereocenters. The van der Waals surface area contributed by atoms with Crippen molar-refractivity contribution in [3.8, 4) is 11.5 Å². The van der Waals surface area contributed by atoms with Gasteiger partial charge in [0.05, 0.1) is 20.3 Å². The van der Waals surface area contributed by atoms with E-state index in [1.54, 1.807) is 18.2 Å². The highest BCUT2D eigenvalue weighted by Gasteiger charge is 2.17. The van der Waals surface area contributed by atoms with Crippen molar-refractivity contribution in [2.45, 2.75) is 6.04 Å². The first-order valence-electron chi connectivity index (χ1n) is 6.00. The van der Waals surface area contributed by atoms with Crippen LogP contribution >= 0.6 is 0 Å². The topological polar surface area (TPSA) is 44.5 Å². The SMILES string of the molecule is COc1ccc(C(N)c2cccc(F)c2F)cc1OC. The van der Waals surface area contributed by atoms with Gasteiger partial charge < -0.3 is 15.2 Å². The Morgan fingerprint density at radius 2 is 1.70 bits per heavy atom. The van der Waals surface area contributed by atoms with E-state index in [0.29, 0.717) is 17.1 Å². The molecule has 0 radical (unpaired) electrons. The van der Waals surface area contributed by atoms with Crippen LogP contribution < -0.4 is 15.2 Å². The number of nitrogens with two attached hydrogens (primary N) is 1. The molecule has 2 aromatic carbocycles. The van der Waals surface area contributed by atoms with Crippen molar-refractivity contribution in [1.29, 1.82) is 0 Å². The van der Waals surface area contributed by atoms with Crippen LogP contribution in [0.5, 0.6) is 11.5 Å². The smallest absolute Gasteiger partial charge is 0.163 e. The third kappa shape index (κ3) is 2.58. The predicted molar refractivity (Wildman–Crippen MR) is 71.9 cm³/mol.